The molecule has 0 atom stereocenters. The van der Waals surface area contributed by atoms with Crippen molar-refractivity contribution in [2.24, 2.45) is 0 Å². The number of rotatable bonds is 3. The molecule has 0 saturated heterocycles. The second-order valence-electron chi connectivity index (χ2n) is 4.43. The number of amides is 1. The molecule has 0 aromatic heterocycles. The summed E-state index contributed by atoms with van der Waals surface area (Å²) < 4.78 is 0. The predicted molar refractivity (Wildman–Crippen MR) is 81.7 cm³/mol. The van der Waals surface area contributed by atoms with E-state index >= 15 is 0 Å². The Morgan fingerprint density at radius 2 is 2.05 bits per heavy atom. The summed E-state index contributed by atoms with van der Waals surface area (Å²) in [4.78, 5) is 22.6. The van der Waals surface area contributed by atoms with Gasteiger partial charge in [-0.1, -0.05) is 23.7 Å². The fraction of sp³-hybridized carbons (Fsp3) is 0.0714. The number of hydrogen-bond acceptors (Lipinski definition) is 4. The summed E-state index contributed by atoms with van der Waals surface area (Å²) in [5.41, 5.74) is 6.68. The van der Waals surface area contributed by atoms with Crippen molar-refractivity contribution in [3.63, 3.8) is 0 Å². The number of carbonyl (C=O) groups excluding carboxylic acids is 1. The van der Waals surface area contributed by atoms with E-state index in [2.05, 4.69) is 5.32 Å². The van der Waals surface area contributed by atoms with Crippen LogP contribution in [0.4, 0.5) is 17.1 Å². The van der Waals surface area contributed by atoms with Gasteiger partial charge in [-0.3, -0.25) is 14.9 Å². The van der Waals surface area contributed by atoms with Crippen LogP contribution in [0.1, 0.15) is 15.9 Å². The molecular formula is C14H12ClN3O3. The van der Waals surface area contributed by atoms with Crippen molar-refractivity contribution in [3.05, 3.63) is 62.7 Å². The summed E-state index contributed by atoms with van der Waals surface area (Å²) in [6, 6.07) is 9.17. The molecule has 1 amide bonds. The average Bonchev–Trinajstić information content (AvgIpc) is 2.43. The van der Waals surface area contributed by atoms with Crippen LogP contribution in [0, 0.1) is 17.0 Å². The number of nitro benzene ring substituents is 1. The second kappa shape index (κ2) is 5.80. The van der Waals surface area contributed by atoms with Crippen LogP contribution in [-0.2, 0) is 0 Å². The smallest absolute Gasteiger partial charge is 0.293 e. The normalized spacial score (nSPS) is 10.2. The number of aryl methyl sites for hydroxylation is 1. The van der Waals surface area contributed by atoms with Gasteiger partial charge in [-0.25, -0.2) is 0 Å². The molecule has 108 valence electrons. The summed E-state index contributed by atoms with van der Waals surface area (Å²) in [6.45, 7) is 1.73. The summed E-state index contributed by atoms with van der Waals surface area (Å²) in [6.07, 6.45) is 0. The quantitative estimate of drug-likeness (QED) is 0.516. The molecule has 0 heterocycles. The molecular weight excluding hydrogens is 294 g/mol. The number of anilines is 2. The Balaban J connectivity index is 2.36. The molecule has 0 saturated carbocycles. The molecule has 0 spiro atoms. The van der Waals surface area contributed by atoms with E-state index in [-0.39, 0.29) is 27.6 Å². The average molecular weight is 306 g/mol. The Hall–Kier alpha value is -2.60. The second-order valence-corrected chi connectivity index (χ2v) is 4.84. The molecule has 2 aromatic rings. The highest BCUT2D eigenvalue weighted by Crippen LogP contribution is 2.28. The molecule has 2 aromatic carbocycles. The summed E-state index contributed by atoms with van der Waals surface area (Å²) in [7, 11) is 0. The van der Waals surface area contributed by atoms with Crippen LogP contribution in [0.15, 0.2) is 36.4 Å². The molecule has 0 bridgehead atoms. The largest absolute Gasteiger partial charge is 0.397 e. The zero-order valence-corrected chi connectivity index (χ0v) is 11.8. The molecule has 3 N–H and O–H groups in total. The zero-order chi connectivity index (χ0) is 15.6. The third kappa shape index (κ3) is 3.11. The highest BCUT2D eigenvalue weighted by molar-refractivity contribution is 6.34. The van der Waals surface area contributed by atoms with E-state index in [0.29, 0.717) is 0 Å². The Bertz CT molecular complexity index is 731. The number of para-hydroxylation sites is 1. The van der Waals surface area contributed by atoms with Crippen molar-refractivity contribution in [1.82, 2.24) is 0 Å². The summed E-state index contributed by atoms with van der Waals surface area (Å²) >= 11 is 5.85. The van der Waals surface area contributed by atoms with Crippen molar-refractivity contribution < 1.29 is 9.72 Å². The lowest BCUT2D eigenvalue weighted by Crippen LogP contribution is -2.15. The number of nitro groups is 1. The number of hydrogen-bond donors (Lipinski definition) is 2. The van der Waals surface area contributed by atoms with E-state index in [1.807, 2.05) is 0 Å². The van der Waals surface area contributed by atoms with Crippen LogP contribution in [0.2, 0.25) is 5.02 Å². The van der Waals surface area contributed by atoms with Gasteiger partial charge in [0.15, 0.2) is 0 Å². The molecule has 6 nitrogen and oxygen atoms in total. The molecule has 0 radical (unpaired) electrons. The number of benzene rings is 2. The van der Waals surface area contributed by atoms with E-state index in [1.54, 1.807) is 25.1 Å². The Kier molecular flexibility index (Phi) is 4.09. The highest BCUT2D eigenvalue weighted by Gasteiger charge is 2.18. The maximum absolute atomic E-state index is 12.2. The predicted octanol–water partition coefficient (Wildman–Crippen LogP) is 3.39. The zero-order valence-electron chi connectivity index (χ0n) is 11.1. The first-order valence-corrected chi connectivity index (χ1v) is 6.38. The lowest BCUT2D eigenvalue weighted by Gasteiger charge is -2.09. The Morgan fingerprint density at radius 3 is 2.71 bits per heavy atom. The number of nitrogen functional groups attached to an aromatic ring is 1. The molecule has 0 aliphatic carbocycles. The van der Waals surface area contributed by atoms with Gasteiger partial charge in [0.1, 0.15) is 5.69 Å². The minimum atomic E-state index is -0.554. The van der Waals surface area contributed by atoms with Crippen LogP contribution >= 0.6 is 11.6 Å². The van der Waals surface area contributed by atoms with Crippen molar-refractivity contribution in [1.29, 1.82) is 0 Å². The van der Waals surface area contributed by atoms with E-state index in [9.17, 15) is 14.9 Å². The number of carbonyl (C=O) groups is 1. The molecule has 7 heteroatoms. The third-order valence-corrected chi connectivity index (χ3v) is 3.23. The van der Waals surface area contributed by atoms with E-state index in [0.717, 1.165) is 5.56 Å². The van der Waals surface area contributed by atoms with E-state index in [1.165, 1.54) is 18.2 Å². The van der Waals surface area contributed by atoms with Gasteiger partial charge in [-0.2, -0.15) is 0 Å². The van der Waals surface area contributed by atoms with Gasteiger partial charge in [0.2, 0.25) is 0 Å². The molecule has 0 aliphatic rings. The number of nitrogens with two attached hydrogens (primary N) is 1. The first-order chi connectivity index (χ1) is 9.90. The molecule has 0 fully saturated rings. The van der Waals surface area contributed by atoms with Gasteiger partial charge in [0.25, 0.3) is 11.6 Å². The van der Waals surface area contributed by atoms with Gasteiger partial charge < -0.3 is 11.1 Å². The first kappa shape index (κ1) is 14.8. The van der Waals surface area contributed by atoms with Crippen LogP contribution < -0.4 is 11.1 Å². The van der Waals surface area contributed by atoms with Crippen LogP contribution in [0.25, 0.3) is 0 Å². The summed E-state index contributed by atoms with van der Waals surface area (Å²) in [5.74, 6) is -0.554. The van der Waals surface area contributed by atoms with Gasteiger partial charge in [-0.05, 0) is 30.7 Å². The molecule has 2 rings (SSSR count). The SMILES string of the molecule is Cc1ccc(NC(=O)c2cccc(Cl)c2N)c([N+](=O)[O-])c1. The van der Waals surface area contributed by atoms with Crippen molar-refractivity contribution in [3.8, 4) is 0 Å². The van der Waals surface area contributed by atoms with Crippen LogP contribution in [0.5, 0.6) is 0 Å². The van der Waals surface area contributed by atoms with Crippen LogP contribution in [-0.4, -0.2) is 10.8 Å². The molecule has 0 unspecified atom stereocenters. The number of nitrogens with one attached hydrogen (secondary N) is 1. The molecule has 21 heavy (non-hydrogen) atoms. The fourth-order valence-electron chi connectivity index (χ4n) is 1.82. The molecule has 0 aliphatic heterocycles. The topological polar surface area (TPSA) is 98.3 Å². The number of nitrogens with zero attached hydrogens (tertiary/aromatic N) is 1. The lowest BCUT2D eigenvalue weighted by molar-refractivity contribution is -0.384. The lowest BCUT2D eigenvalue weighted by atomic mass is 10.1. The van der Waals surface area contributed by atoms with Gasteiger partial charge in [0.05, 0.1) is 21.2 Å². The minimum Gasteiger partial charge on any atom is -0.397 e. The van der Waals surface area contributed by atoms with Gasteiger partial charge in [0, 0.05) is 6.07 Å². The van der Waals surface area contributed by atoms with Gasteiger partial charge in [-0.15, -0.1) is 0 Å². The highest BCUT2D eigenvalue weighted by atomic mass is 35.5. The van der Waals surface area contributed by atoms with Crippen molar-refractivity contribution >= 4 is 34.6 Å². The maximum Gasteiger partial charge on any atom is 0.293 e. The number of halogens is 1. The van der Waals surface area contributed by atoms with Gasteiger partial charge >= 0.3 is 0 Å². The monoisotopic (exact) mass is 305 g/mol. The first-order valence-electron chi connectivity index (χ1n) is 6.00. The maximum atomic E-state index is 12.2. The van der Waals surface area contributed by atoms with E-state index < -0.39 is 10.8 Å². The Labute approximate surface area is 125 Å². The van der Waals surface area contributed by atoms with Crippen molar-refractivity contribution in [2.75, 3.05) is 11.1 Å². The third-order valence-electron chi connectivity index (χ3n) is 2.90. The fourth-order valence-corrected chi connectivity index (χ4v) is 2.00. The Morgan fingerprint density at radius 1 is 1.33 bits per heavy atom. The van der Waals surface area contributed by atoms with Crippen LogP contribution in [0.3, 0.4) is 0 Å². The van der Waals surface area contributed by atoms with E-state index in [4.69, 9.17) is 17.3 Å². The minimum absolute atomic E-state index is 0.106. The summed E-state index contributed by atoms with van der Waals surface area (Å²) in [5, 5.41) is 13.8. The standard InChI is InChI=1S/C14H12ClN3O3/c1-8-5-6-11(12(7-8)18(20)21)17-14(19)9-3-2-4-10(15)13(9)16/h2-7H,16H2,1H3,(H,17,19). The van der Waals surface area contributed by atoms with Crippen molar-refractivity contribution in [2.45, 2.75) is 6.92 Å².